The Hall–Kier alpha value is -1.25. The number of nitrogen functional groups attached to an aromatic ring is 1. The van der Waals surface area contributed by atoms with Crippen LogP contribution in [0.5, 0.6) is 0 Å². The number of aryl methyl sites for hydroxylation is 1. The maximum absolute atomic E-state index is 5.62. The Morgan fingerprint density at radius 2 is 2.25 bits per heavy atom. The van der Waals surface area contributed by atoms with Crippen LogP contribution >= 0.6 is 0 Å². The fourth-order valence-electron chi connectivity index (χ4n) is 1.32. The molecule has 1 saturated heterocycles. The van der Waals surface area contributed by atoms with Crippen molar-refractivity contribution in [2.75, 3.05) is 23.7 Å². The molecule has 64 valence electrons. The summed E-state index contributed by atoms with van der Waals surface area (Å²) in [7, 11) is 0. The van der Waals surface area contributed by atoms with Gasteiger partial charge >= 0.3 is 0 Å². The summed E-state index contributed by atoms with van der Waals surface area (Å²) in [4.78, 5) is 6.42. The molecule has 1 aliphatic heterocycles. The summed E-state index contributed by atoms with van der Waals surface area (Å²) in [6, 6.07) is 2.10. The van der Waals surface area contributed by atoms with Crippen molar-refractivity contribution in [2.24, 2.45) is 0 Å². The highest BCUT2D eigenvalue weighted by molar-refractivity contribution is 5.53. The summed E-state index contributed by atoms with van der Waals surface area (Å²) in [5, 5.41) is 0. The van der Waals surface area contributed by atoms with Gasteiger partial charge in [0, 0.05) is 13.1 Å². The third-order valence-electron chi connectivity index (χ3n) is 2.33. The number of nitrogens with zero attached hydrogens (tertiary/aromatic N) is 2. The van der Waals surface area contributed by atoms with Crippen molar-refractivity contribution >= 4 is 11.5 Å². The molecule has 0 atom stereocenters. The average Bonchev–Trinajstić information content (AvgIpc) is 1.93. The van der Waals surface area contributed by atoms with Crippen LogP contribution in [0.4, 0.5) is 11.5 Å². The number of nitrogens with two attached hydrogens (primary N) is 1. The predicted molar refractivity (Wildman–Crippen MR) is 50.2 cm³/mol. The van der Waals surface area contributed by atoms with Gasteiger partial charge in [-0.05, 0) is 25.0 Å². The number of anilines is 2. The van der Waals surface area contributed by atoms with E-state index in [-0.39, 0.29) is 0 Å². The second kappa shape index (κ2) is 2.66. The van der Waals surface area contributed by atoms with Gasteiger partial charge in [0.2, 0.25) is 0 Å². The number of pyridine rings is 1. The molecule has 2 heterocycles. The van der Waals surface area contributed by atoms with Gasteiger partial charge in [-0.3, -0.25) is 0 Å². The molecule has 0 saturated carbocycles. The van der Waals surface area contributed by atoms with Crippen molar-refractivity contribution in [1.29, 1.82) is 0 Å². The Bertz CT molecular complexity index is 292. The second-order valence-corrected chi connectivity index (χ2v) is 3.24. The lowest BCUT2D eigenvalue weighted by atomic mass is 10.2. The van der Waals surface area contributed by atoms with Crippen LogP contribution in [0.15, 0.2) is 12.3 Å². The second-order valence-electron chi connectivity index (χ2n) is 3.24. The molecular formula is C9H13N3. The van der Waals surface area contributed by atoms with Crippen LogP contribution in [0.1, 0.15) is 12.0 Å². The largest absolute Gasteiger partial charge is 0.383 e. The molecule has 0 radical (unpaired) electrons. The van der Waals surface area contributed by atoms with E-state index < -0.39 is 0 Å². The Morgan fingerprint density at radius 3 is 2.75 bits per heavy atom. The highest BCUT2D eigenvalue weighted by atomic mass is 15.2. The van der Waals surface area contributed by atoms with Crippen LogP contribution in [-0.2, 0) is 0 Å². The van der Waals surface area contributed by atoms with Gasteiger partial charge in [0.1, 0.15) is 5.82 Å². The monoisotopic (exact) mass is 163 g/mol. The first-order valence-corrected chi connectivity index (χ1v) is 4.24. The Balaban J connectivity index is 2.27. The van der Waals surface area contributed by atoms with Crippen LogP contribution in [0.2, 0.25) is 0 Å². The van der Waals surface area contributed by atoms with Gasteiger partial charge < -0.3 is 10.6 Å². The molecule has 2 rings (SSSR count). The molecule has 3 nitrogen and oxygen atoms in total. The molecule has 3 heteroatoms. The standard InChI is InChI=1S/C9H13N3/c1-7-5-8(6-11-9(7)10)12-3-2-4-12/h5-6H,2-4H2,1H3,(H2,10,11). The lowest BCUT2D eigenvalue weighted by Gasteiger charge is -2.33. The summed E-state index contributed by atoms with van der Waals surface area (Å²) in [5.41, 5.74) is 7.89. The minimum absolute atomic E-state index is 0.638. The van der Waals surface area contributed by atoms with E-state index in [1.54, 1.807) is 0 Å². The molecule has 0 bridgehead atoms. The number of aromatic nitrogens is 1. The van der Waals surface area contributed by atoms with E-state index in [1.165, 1.54) is 12.1 Å². The Kier molecular flexibility index (Phi) is 1.64. The molecule has 1 aromatic heterocycles. The molecule has 2 N–H and O–H groups in total. The SMILES string of the molecule is Cc1cc(N2CCC2)cnc1N. The van der Waals surface area contributed by atoms with Gasteiger partial charge in [-0.2, -0.15) is 0 Å². The van der Waals surface area contributed by atoms with Crippen molar-refractivity contribution in [1.82, 2.24) is 4.98 Å². The van der Waals surface area contributed by atoms with Crippen LogP contribution in [0.25, 0.3) is 0 Å². The first kappa shape index (κ1) is 7.40. The average molecular weight is 163 g/mol. The number of hydrogen-bond donors (Lipinski definition) is 1. The van der Waals surface area contributed by atoms with E-state index in [9.17, 15) is 0 Å². The van der Waals surface area contributed by atoms with Crippen molar-refractivity contribution in [3.8, 4) is 0 Å². The molecular weight excluding hydrogens is 150 g/mol. The quantitative estimate of drug-likeness (QED) is 0.676. The molecule has 1 aromatic rings. The van der Waals surface area contributed by atoms with E-state index in [0.717, 1.165) is 18.7 Å². The summed E-state index contributed by atoms with van der Waals surface area (Å²) < 4.78 is 0. The van der Waals surface area contributed by atoms with Gasteiger partial charge in [-0.15, -0.1) is 0 Å². The Labute approximate surface area is 72.2 Å². The van der Waals surface area contributed by atoms with Crippen LogP contribution in [0.3, 0.4) is 0 Å². The minimum atomic E-state index is 0.638. The highest BCUT2D eigenvalue weighted by Gasteiger charge is 2.14. The van der Waals surface area contributed by atoms with Gasteiger partial charge in [0.15, 0.2) is 0 Å². The number of rotatable bonds is 1. The van der Waals surface area contributed by atoms with Crippen molar-refractivity contribution in [3.63, 3.8) is 0 Å². The maximum Gasteiger partial charge on any atom is 0.126 e. The maximum atomic E-state index is 5.62. The fourth-order valence-corrected chi connectivity index (χ4v) is 1.32. The summed E-state index contributed by atoms with van der Waals surface area (Å²) in [5.74, 6) is 0.638. The summed E-state index contributed by atoms with van der Waals surface area (Å²) in [6.07, 6.45) is 3.14. The van der Waals surface area contributed by atoms with E-state index in [4.69, 9.17) is 5.73 Å². The molecule has 0 spiro atoms. The smallest absolute Gasteiger partial charge is 0.126 e. The first-order valence-electron chi connectivity index (χ1n) is 4.24. The van der Waals surface area contributed by atoms with Crippen LogP contribution in [0, 0.1) is 6.92 Å². The summed E-state index contributed by atoms with van der Waals surface area (Å²) in [6.45, 7) is 4.31. The van der Waals surface area contributed by atoms with Gasteiger partial charge in [0.05, 0.1) is 11.9 Å². The fraction of sp³-hybridized carbons (Fsp3) is 0.444. The van der Waals surface area contributed by atoms with Crippen LogP contribution in [-0.4, -0.2) is 18.1 Å². The molecule has 0 aromatic carbocycles. The zero-order valence-corrected chi connectivity index (χ0v) is 7.25. The van der Waals surface area contributed by atoms with Crippen molar-refractivity contribution in [2.45, 2.75) is 13.3 Å². The summed E-state index contributed by atoms with van der Waals surface area (Å²) >= 11 is 0. The minimum Gasteiger partial charge on any atom is -0.383 e. The highest BCUT2D eigenvalue weighted by Crippen LogP contribution is 2.22. The van der Waals surface area contributed by atoms with E-state index >= 15 is 0 Å². The molecule has 0 amide bonds. The molecule has 0 aliphatic carbocycles. The predicted octanol–water partition coefficient (Wildman–Crippen LogP) is 1.18. The van der Waals surface area contributed by atoms with E-state index in [0.29, 0.717) is 5.82 Å². The third kappa shape index (κ3) is 1.11. The topological polar surface area (TPSA) is 42.2 Å². The van der Waals surface area contributed by atoms with Gasteiger partial charge in [0.25, 0.3) is 0 Å². The van der Waals surface area contributed by atoms with Gasteiger partial charge in [-0.25, -0.2) is 4.98 Å². The molecule has 1 fully saturated rings. The van der Waals surface area contributed by atoms with E-state index in [1.807, 2.05) is 13.1 Å². The lowest BCUT2D eigenvalue weighted by Crippen LogP contribution is -2.37. The molecule has 1 aliphatic rings. The third-order valence-corrected chi connectivity index (χ3v) is 2.33. The number of hydrogen-bond acceptors (Lipinski definition) is 3. The van der Waals surface area contributed by atoms with E-state index in [2.05, 4.69) is 16.0 Å². The van der Waals surface area contributed by atoms with Crippen molar-refractivity contribution < 1.29 is 0 Å². The molecule has 0 unspecified atom stereocenters. The van der Waals surface area contributed by atoms with Crippen LogP contribution < -0.4 is 10.6 Å². The van der Waals surface area contributed by atoms with Gasteiger partial charge in [-0.1, -0.05) is 0 Å². The Morgan fingerprint density at radius 1 is 1.50 bits per heavy atom. The molecule has 12 heavy (non-hydrogen) atoms. The zero-order valence-electron chi connectivity index (χ0n) is 7.25. The first-order chi connectivity index (χ1) is 5.77. The van der Waals surface area contributed by atoms with Crippen molar-refractivity contribution in [3.05, 3.63) is 17.8 Å². The lowest BCUT2D eigenvalue weighted by molar-refractivity contribution is 0.616. The zero-order chi connectivity index (χ0) is 8.55. The normalized spacial score (nSPS) is 15.9.